The number of para-hydroxylation sites is 5. The SMILES string of the molecule is O=Cc1ccccc1O.c1ccc2[nH]cnc2c1.c1ccc2[nH]cnc2c1. The lowest BCUT2D eigenvalue weighted by Gasteiger charge is -1.91. The highest BCUT2D eigenvalue weighted by Gasteiger charge is 1.93. The Balaban J connectivity index is 0.000000117. The fraction of sp³-hybridized carbons (Fsp3) is 0. The molecule has 0 spiro atoms. The Morgan fingerprint density at radius 2 is 1.19 bits per heavy atom. The fourth-order valence-electron chi connectivity index (χ4n) is 2.35. The van der Waals surface area contributed by atoms with Gasteiger partial charge in [0.05, 0.1) is 40.3 Å². The van der Waals surface area contributed by atoms with E-state index in [0.717, 1.165) is 22.1 Å². The van der Waals surface area contributed by atoms with E-state index in [2.05, 4.69) is 19.9 Å². The Bertz CT molecular complexity index is 1000. The van der Waals surface area contributed by atoms with Gasteiger partial charge in [-0.1, -0.05) is 36.4 Å². The van der Waals surface area contributed by atoms with E-state index in [0.29, 0.717) is 11.8 Å². The first-order valence-electron chi connectivity index (χ1n) is 8.27. The third-order valence-electron chi connectivity index (χ3n) is 3.72. The quantitative estimate of drug-likeness (QED) is 0.389. The van der Waals surface area contributed by atoms with Gasteiger partial charge in [0.2, 0.25) is 0 Å². The third kappa shape index (κ3) is 4.79. The molecular formula is C21H18N4O2. The molecule has 134 valence electrons. The Morgan fingerprint density at radius 3 is 1.63 bits per heavy atom. The molecule has 6 nitrogen and oxygen atoms in total. The summed E-state index contributed by atoms with van der Waals surface area (Å²) in [5.41, 5.74) is 4.57. The number of nitrogens with zero attached hydrogens (tertiary/aromatic N) is 2. The second-order valence-electron chi connectivity index (χ2n) is 5.52. The number of aromatic hydroxyl groups is 1. The van der Waals surface area contributed by atoms with Gasteiger partial charge in [-0.2, -0.15) is 0 Å². The average molecular weight is 358 g/mol. The maximum Gasteiger partial charge on any atom is 0.153 e. The number of carbonyl (C=O) groups excluding carboxylic acids is 1. The predicted molar refractivity (Wildman–Crippen MR) is 106 cm³/mol. The van der Waals surface area contributed by atoms with Crippen LogP contribution in [0, 0.1) is 0 Å². The molecule has 27 heavy (non-hydrogen) atoms. The van der Waals surface area contributed by atoms with Crippen LogP contribution in [0.3, 0.4) is 0 Å². The summed E-state index contributed by atoms with van der Waals surface area (Å²) in [6.07, 6.45) is 4.02. The molecule has 0 radical (unpaired) electrons. The zero-order chi connectivity index (χ0) is 18.9. The summed E-state index contributed by atoms with van der Waals surface area (Å²) < 4.78 is 0. The summed E-state index contributed by atoms with van der Waals surface area (Å²) >= 11 is 0. The highest BCUT2D eigenvalue weighted by atomic mass is 16.3. The molecule has 0 aliphatic carbocycles. The number of aromatic nitrogens is 4. The number of hydrogen-bond donors (Lipinski definition) is 3. The minimum atomic E-state index is 0.0347. The number of imidazole rings is 2. The number of fused-ring (bicyclic) bond motifs is 2. The van der Waals surface area contributed by atoms with Gasteiger partial charge in [0.15, 0.2) is 6.29 Å². The lowest BCUT2D eigenvalue weighted by molar-refractivity contribution is 0.112. The molecule has 0 saturated carbocycles. The molecule has 5 aromatic rings. The van der Waals surface area contributed by atoms with Crippen LogP contribution >= 0.6 is 0 Å². The van der Waals surface area contributed by atoms with Crippen LogP contribution < -0.4 is 0 Å². The van der Waals surface area contributed by atoms with Crippen molar-refractivity contribution in [2.45, 2.75) is 0 Å². The van der Waals surface area contributed by atoms with Gasteiger partial charge in [0.25, 0.3) is 0 Å². The van der Waals surface area contributed by atoms with E-state index in [1.807, 2.05) is 48.5 Å². The molecule has 0 bridgehead atoms. The van der Waals surface area contributed by atoms with Crippen LogP contribution in [0.2, 0.25) is 0 Å². The van der Waals surface area contributed by atoms with E-state index in [4.69, 9.17) is 5.11 Å². The molecule has 5 rings (SSSR count). The summed E-state index contributed by atoms with van der Waals surface area (Å²) in [6, 6.07) is 22.3. The van der Waals surface area contributed by atoms with Gasteiger partial charge in [-0.05, 0) is 36.4 Å². The molecule has 0 amide bonds. The molecular weight excluding hydrogens is 340 g/mol. The third-order valence-corrected chi connectivity index (χ3v) is 3.72. The zero-order valence-corrected chi connectivity index (χ0v) is 14.4. The van der Waals surface area contributed by atoms with E-state index in [1.165, 1.54) is 6.07 Å². The number of rotatable bonds is 1. The van der Waals surface area contributed by atoms with E-state index in [9.17, 15) is 4.79 Å². The molecule has 2 aromatic heterocycles. The van der Waals surface area contributed by atoms with E-state index < -0.39 is 0 Å². The van der Waals surface area contributed by atoms with Gasteiger partial charge < -0.3 is 15.1 Å². The van der Waals surface area contributed by atoms with Gasteiger partial charge in [0.1, 0.15) is 5.75 Å². The molecule has 0 fully saturated rings. The van der Waals surface area contributed by atoms with Crippen LogP contribution in [0.5, 0.6) is 5.75 Å². The van der Waals surface area contributed by atoms with Crippen LogP contribution in [0.15, 0.2) is 85.5 Å². The van der Waals surface area contributed by atoms with Crippen LogP contribution in [-0.2, 0) is 0 Å². The number of H-pyrrole nitrogens is 2. The van der Waals surface area contributed by atoms with Crippen LogP contribution in [0.25, 0.3) is 22.1 Å². The molecule has 2 heterocycles. The minimum Gasteiger partial charge on any atom is -0.507 e. The molecule has 0 aliphatic rings. The lowest BCUT2D eigenvalue weighted by atomic mass is 10.2. The molecule has 0 aliphatic heterocycles. The number of benzene rings is 3. The first kappa shape index (κ1) is 17.9. The maximum absolute atomic E-state index is 10.1. The summed E-state index contributed by atoms with van der Waals surface area (Å²) in [5.74, 6) is 0.0347. The normalized spacial score (nSPS) is 9.78. The van der Waals surface area contributed by atoms with Gasteiger partial charge in [-0.15, -0.1) is 0 Å². The first-order chi connectivity index (χ1) is 13.3. The topological polar surface area (TPSA) is 94.7 Å². The summed E-state index contributed by atoms with van der Waals surface area (Å²) in [5, 5.41) is 8.88. The van der Waals surface area contributed by atoms with Crippen molar-refractivity contribution in [2.75, 3.05) is 0 Å². The second-order valence-corrected chi connectivity index (χ2v) is 5.52. The van der Waals surface area contributed by atoms with Crippen molar-refractivity contribution >= 4 is 28.4 Å². The number of aldehydes is 1. The number of aromatic amines is 2. The highest BCUT2D eigenvalue weighted by Crippen LogP contribution is 2.11. The van der Waals surface area contributed by atoms with E-state index in [-0.39, 0.29) is 5.75 Å². The lowest BCUT2D eigenvalue weighted by Crippen LogP contribution is -1.77. The molecule has 3 N–H and O–H groups in total. The molecule has 0 saturated heterocycles. The van der Waals surface area contributed by atoms with Gasteiger partial charge in [-0.3, -0.25) is 4.79 Å². The highest BCUT2D eigenvalue weighted by molar-refractivity contribution is 5.78. The number of nitrogens with one attached hydrogen (secondary N) is 2. The van der Waals surface area contributed by atoms with Crippen LogP contribution in [0.1, 0.15) is 10.4 Å². The van der Waals surface area contributed by atoms with Crippen molar-refractivity contribution in [2.24, 2.45) is 0 Å². The number of phenols is 1. The fourth-order valence-corrected chi connectivity index (χ4v) is 2.35. The first-order valence-corrected chi connectivity index (χ1v) is 8.27. The summed E-state index contributed by atoms with van der Waals surface area (Å²) in [7, 11) is 0. The smallest absolute Gasteiger partial charge is 0.153 e. The van der Waals surface area contributed by atoms with Crippen molar-refractivity contribution in [1.29, 1.82) is 0 Å². The van der Waals surface area contributed by atoms with Crippen LogP contribution in [0.4, 0.5) is 0 Å². The summed E-state index contributed by atoms with van der Waals surface area (Å²) in [6.45, 7) is 0. The molecule has 6 heteroatoms. The number of hydrogen-bond acceptors (Lipinski definition) is 4. The number of carbonyl (C=O) groups is 1. The van der Waals surface area contributed by atoms with Crippen molar-refractivity contribution in [3.63, 3.8) is 0 Å². The van der Waals surface area contributed by atoms with Gasteiger partial charge in [-0.25, -0.2) is 9.97 Å². The van der Waals surface area contributed by atoms with Gasteiger partial charge >= 0.3 is 0 Å². The maximum atomic E-state index is 10.1. The monoisotopic (exact) mass is 358 g/mol. The Kier molecular flexibility index (Phi) is 5.93. The Hall–Kier alpha value is -3.93. The van der Waals surface area contributed by atoms with Crippen molar-refractivity contribution in [1.82, 2.24) is 19.9 Å². The minimum absolute atomic E-state index is 0.0347. The summed E-state index contributed by atoms with van der Waals surface area (Å²) in [4.78, 5) is 24.2. The Labute approximate surface area is 155 Å². The number of phenolic OH excluding ortho intramolecular Hbond substituents is 1. The average Bonchev–Trinajstić information content (AvgIpc) is 3.38. The Morgan fingerprint density at radius 1 is 0.704 bits per heavy atom. The van der Waals surface area contributed by atoms with Crippen molar-refractivity contribution in [3.05, 3.63) is 91.0 Å². The van der Waals surface area contributed by atoms with E-state index in [1.54, 1.807) is 30.9 Å². The van der Waals surface area contributed by atoms with Crippen molar-refractivity contribution < 1.29 is 9.90 Å². The van der Waals surface area contributed by atoms with E-state index >= 15 is 0 Å². The van der Waals surface area contributed by atoms with Crippen molar-refractivity contribution in [3.8, 4) is 5.75 Å². The van der Waals surface area contributed by atoms with Crippen LogP contribution in [-0.4, -0.2) is 31.3 Å². The molecule has 0 atom stereocenters. The second kappa shape index (κ2) is 8.96. The molecule has 0 unspecified atom stereocenters. The zero-order valence-electron chi connectivity index (χ0n) is 14.4. The molecule has 3 aromatic carbocycles. The van der Waals surface area contributed by atoms with Gasteiger partial charge in [0, 0.05) is 0 Å². The predicted octanol–water partition coefficient (Wildman–Crippen LogP) is 4.33. The standard InChI is InChI=1S/2C7H6N2.C7H6O2/c2*1-2-4-7-6(3-1)8-5-9-7;8-5-6-3-1-2-4-7(6)9/h2*1-5H,(H,8,9);1-5,9H. The largest absolute Gasteiger partial charge is 0.507 e.